The summed E-state index contributed by atoms with van der Waals surface area (Å²) in [6, 6.07) is 5.98. The van der Waals surface area contributed by atoms with E-state index in [1.165, 1.54) is 12.1 Å². The molecule has 7 nitrogen and oxygen atoms in total. The molecule has 0 heterocycles. The Hall–Kier alpha value is -1.80. The van der Waals surface area contributed by atoms with E-state index in [0.717, 1.165) is 6.26 Å². The maximum atomic E-state index is 11.4. The lowest BCUT2D eigenvalue weighted by Crippen LogP contribution is -2.38. The molecule has 0 radical (unpaired) electrons. The minimum Gasteiger partial charge on any atom is -0.491 e. The predicted octanol–water partition coefficient (Wildman–Crippen LogP) is 1.35. The van der Waals surface area contributed by atoms with Gasteiger partial charge in [0, 0.05) is 6.26 Å². The molecule has 8 heteroatoms. The predicted molar refractivity (Wildman–Crippen MR) is 85.3 cm³/mol. The van der Waals surface area contributed by atoms with Crippen molar-refractivity contribution in [2.24, 2.45) is 0 Å². The van der Waals surface area contributed by atoms with E-state index in [0.29, 0.717) is 5.75 Å². The van der Waals surface area contributed by atoms with Crippen molar-refractivity contribution >= 4 is 15.9 Å². The van der Waals surface area contributed by atoms with Crippen molar-refractivity contribution in [2.45, 2.75) is 37.4 Å². The van der Waals surface area contributed by atoms with Crippen LogP contribution in [-0.4, -0.2) is 50.7 Å². The Morgan fingerprint density at radius 3 is 2.57 bits per heavy atom. The molecule has 0 aromatic heterocycles. The van der Waals surface area contributed by atoms with E-state index in [4.69, 9.17) is 9.47 Å². The zero-order valence-electron chi connectivity index (χ0n) is 13.7. The molecule has 2 N–H and O–H groups in total. The number of ether oxygens (including phenoxy) is 2. The van der Waals surface area contributed by atoms with Crippen molar-refractivity contribution < 1.29 is 27.8 Å². The average molecular weight is 345 g/mol. The van der Waals surface area contributed by atoms with Gasteiger partial charge in [0.05, 0.1) is 11.4 Å². The highest BCUT2D eigenvalue weighted by molar-refractivity contribution is 7.90. The van der Waals surface area contributed by atoms with Gasteiger partial charge in [-0.05, 0) is 39.0 Å². The number of aliphatic hydroxyl groups excluding tert-OH is 1. The number of rotatable bonds is 6. The largest absolute Gasteiger partial charge is 0.491 e. The molecule has 0 aliphatic heterocycles. The molecule has 0 bridgehead atoms. The van der Waals surface area contributed by atoms with E-state index in [2.05, 4.69) is 5.32 Å². The second kappa shape index (κ2) is 7.65. The smallest absolute Gasteiger partial charge is 0.407 e. The van der Waals surface area contributed by atoms with Crippen LogP contribution in [0.3, 0.4) is 0 Å². The van der Waals surface area contributed by atoms with E-state index in [9.17, 15) is 18.3 Å². The first kappa shape index (κ1) is 19.2. The third-order valence-corrected chi connectivity index (χ3v) is 3.67. The number of carbonyl (C=O) groups excluding carboxylic acids is 1. The lowest BCUT2D eigenvalue weighted by molar-refractivity contribution is 0.0463. The minimum absolute atomic E-state index is 0.0410. The van der Waals surface area contributed by atoms with Gasteiger partial charge in [-0.25, -0.2) is 13.2 Å². The molecule has 0 saturated carbocycles. The normalized spacial score (nSPS) is 13.3. The average Bonchev–Trinajstić information content (AvgIpc) is 2.40. The summed E-state index contributed by atoms with van der Waals surface area (Å²) in [7, 11) is -3.32. The Bertz CT molecular complexity index is 636. The van der Waals surface area contributed by atoms with Crippen LogP contribution in [0.4, 0.5) is 4.79 Å². The summed E-state index contributed by atoms with van der Waals surface area (Å²) >= 11 is 0. The molecular weight excluding hydrogens is 322 g/mol. The highest BCUT2D eigenvalue weighted by Crippen LogP contribution is 2.17. The molecule has 0 aliphatic rings. The van der Waals surface area contributed by atoms with Crippen molar-refractivity contribution in [3.05, 3.63) is 24.3 Å². The third kappa shape index (κ3) is 7.85. The number of aliphatic hydroxyl groups is 1. The van der Waals surface area contributed by atoms with E-state index in [1.54, 1.807) is 32.9 Å². The Morgan fingerprint density at radius 1 is 1.35 bits per heavy atom. The number of alkyl carbamates (subject to hydrolysis) is 1. The van der Waals surface area contributed by atoms with Crippen LogP contribution in [-0.2, 0) is 14.6 Å². The van der Waals surface area contributed by atoms with Crippen LogP contribution in [0, 0.1) is 0 Å². The minimum atomic E-state index is -3.32. The van der Waals surface area contributed by atoms with Gasteiger partial charge in [0.25, 0.3) is 0 Å². The van der Waals surface area contributed by atoms with Crippen molar-refractivity contribution in [3.8, 4) is 5.75 Å². The highest BCUT2D eigenvalue weighted by atomic mass is 32.2. The van der Waals surface area contributed by atoms with Gasteiger partial charge < -0.3 is 19.9 Å². The van der Waals surface area contributed by atoms with Crippen LogP contribution in [0.5, 0.6) is 5.75 Å². The first-order valence-electron chi connectivity index (χ1n) is 7.05. The van der Waals surface area contributed by atoms with Crippen LogP contribution < -0.4 is 10.1 Å². The van der Waals surface area contributed by atoms with Gasteiger partial charge >= 0.3 is 6.09 Å². The maximum absolute atomic E-state index is 11.4. The molecule has 1 aromatic rings. The fourth-order valence-corrected chi connectivity index (χ4v) is 2.22. The molecule has 1 amide bonds. The molecule has 0 spiro atoms. The van der Waals surface area contributed by atoms with Gasteiger partial charge in [-0.3, -0.25) is 0 Å². The van der Waals surface area contributed by atoms with Crippen molar-refractivity contribution in [3.63, 3.8) is 0 Å². The Labute approximate surface area is 136 Å². The van der Waals surface area contributed by atoms with Gasteiger partial charge in [0.2, 0.25) is 0 Å². The van der Waals surface area contributed by atoms with Gasteiger partial charge in [-0.15, -0.1) is 0 Å². The molecule has 1 rings (SSSR count). The second-order valence-corrected chi connectivity index (χ2v) is 8.11. The molecule has 0 aliphatic carbocycles. The summed E-state index contributed by atoms with van der Waals surface area (Å²) in [6.07, 6.45) is -0.480. The zero-order valence-corrected chi connectivity index (χ0v) is 14.5. The summed E-state index contributed by atoms with van der Waals surface area (Å²) in [4.78, 5) is 11.6. The zero-order chi connectivity index (χ0) is 17.7. The van der Waals surface area contributed by atoms with Crippen LogP contribution >= 0.6 is 0 Å². The fraction of sp³-hybridized carbons (Fsp3) is 0.533. The van der Waals surface area contributed by atoms with E-state index in [-0.39, 0.29) is 18.0 Å². The number of amides is 1. The number of nitrogens with one attached hydrogen (secondary N) is 1. The summed E-state index contributed by atoms with van der Waals surface area (Å²) in [6.45, 7) is 5.08. The monoisotopic (exact) mass is 345 g/mol. The third-order valence-electron chi connectivity index (χ3n) is 2.56. The summed E-state index contributed by atoms with van der Waals surface area (Å²) in [5, 5.41) is 12.2. The molecule has 0 fully saturated rings. The van der Waals surface area contributed by atoms with Crippen LogP contribution in [0.2, 0.25) is 0 Å². The molecule has 1 atom stereocenters. The topological polar surface area (TPSA) is 102 Å². The summed E-state index contributed by atoms with van der Waals surface area (Å²) in [5.74, 6) is 0.323. The molecule has 0 saturated heterocycles. The van der Waals surface area contributed by atoms with E-state index in [1.807, 2.05) is 0 Å². The maximum Gasteiger partial charge on any atom is 0.407 e. The quantitative estimate of drug-likeness (QED) is 0.807. The van der Waals surface area contributed by atoms with E-state index < -0.39 is 27.6 Å². The summed E-state index contributed by atoms with van der Waals surface area (Å²) in [5.41, 5.74) is -0.613. The fourth-order valence-electron chi connectivity index (χ4n) is 1.56. The van der Waals surface area contributed by atoms with Crippen LogP contribution in [0.1, 0.15) is 20.8 Å². The number of sulfone groups is 1. The van der Waals surface area contributed by atoms with Gasteiger partial charge in [-0.1, -0.05) is 6.07 Å². The van der Waals surface area contributed by atoms with Crippen LogP contribution in [0.15, 0.2) is 29.2 Å². The molecule has 1 aromatic carbocycles. The van der Waals surface area contributed by atoms with Crippen molar-refractivity contribution in [2.75, 3.05) is 19.4 Å². The Kier molecular flexibility index (Phi) is 6.40. The number of benzene rings is 1. The van der Waals surface area contributed by atoms with Gasteiger partial charge in [0.15, 0.2) is 9.84 Å². The SMILES string of the molecule is CC(C)(C)OC(=O)NC[C@@H](O)COc1cccc(S(C)(=O)=O)c1. The number of carbonyl (C=O) groups is 1. The van der Waals surface area contributed by atoms with Gasteiger partial charge in [0.1, 0.15) is 24.1 Å². The lowest BCUT2D eigenvalue weighted by Gasteiger charge is -2.20. The van der Waals surface area contributed by atoms with Crippen molar-refractivity contribution in [1.82, 2.24) is 5.32 Å². The van der Waals surface area contributed by atoms with Gasteiger partial charge in [-0.2, -0.15) is 0 Å². The Morgan fingerprint density at radius 2 is 2.00 bits per heavy atom. The summed E-state index contributed by atoms with van der Waals surface area (Å²) < 4.78 is 33.3. The molecule has 130 valence electrons. The molecule has 0 unspecified atom stereocenters. The Balaban J connectivity index is 2.45. The highest BCUT2D eigenvalue weighted by Gasteiger charge is 2.17. The second-order valence-electron chi connectivity index (χ2n) is 6.09. The van der Waals surface area contributed by atoms with Crippen LogP contribution in [0.25, 0.3) is 0 Å². The molecule has 23 heavy (non-hydrogen) atoms. The van der Waals surface area contributed by atoms with E-state index >= 15 is 0 Å². The van der Waals surface area contributed by atoms with Crippen molar-refractivity contribution in [1.29, 1.82) is 0 Å². The lowest BCUT2D eigenvalue weighted by atomic mass is 10.2. The molecular formula is C15H23NO6S. The standard InChI is InChI=1S/C15H23NO6S/c1-15(2,3)22-14(18)16-9-11(17)10-21-12-6-5-7-13(8-12)23(4,19)20/h5-8,11,17H,9-10H2,1-4H3,(H,16,18)/t11-/m1/s1. The number of hydrogen-bond donors (Lipinski definition) is 2. The number of hydrogen-bond acceptors (Lipinski definition) is 6. The first-order valence-corrected chi connectivity index (χ1v) is 8.94. The first-order chi connectivity index (χ1) is 10.5.